The lowest BCUT2D eigenvalue weighted by molar-refractivity contribution is 0.337. The van der Waals surface area contributed by atoms with Gasteiger partial charge in [0.15, 0.2) is 0 Å². The molecule has 3 heteroatoms. The molecule has 0 fully saturated rings. The summed E-state index contributed by atoms with van der Waals surface area (Å²) in [5.74, 6) is 1.02. The summed E-state index contributed by atoms with van der Waals surface area (Å²) in [6.07, 6.45) is 8.87. The molecule has 1 aromatic rings. The van der Waals surface area contributed by atoms with E-state index in [0.29, 0.717) is 0 Å². The van der Waals surface area contributed by atoms with Crippen LogP contribution in [0.25, 0.3) is 0 Å². The van der Waals surface area contributed by atoms with Crippen LogP contribution in [0.1, 0.15) is 57.4 Å². The second kappa shape index (κ2) is 8.60. The van der Waals surface area contributed by atoms with Crippen LogP contribution in [0.3, 0.4) is 0 Å². The Balaban J connectivity index is 1.95. The second-order valence-corrected chi connectivity index (χ2v) is 6.91. The van der Waals surface area contributed by atoms with Crippen molar-refractivity contribution in [1.29, 1.82) is 0 Å². The maximum atomic E-state index is 6.84. The minimum atomic E-state index is -0.300. The van der Waals surface area contributed by atoms with Crippen molar-refractivity contribution in [3.05, 3.63) is 35.9 Å². The first-order valence-corrected chi connectivity index (χ1v) is 9.30. The Kier molecular flexibility index (Phi) is 6.78. The molecule has 1 aliphatic rings. The molecule has 0 saturated carbocycles. The first-order chi connectivity index (χ1) is 10.3. The van der Waals surface area contributed by atoms with Gasteiger partial charge in [0, 0.05) is 5.75 Å². The fraction of sp³-hybridized carbons (Fsp3) is 0.611. The van der Waals surface area contributed by atoms with Crippen molar-refractivity contribution in [2.75, 3.05) is 5.75 Å². The third kappa shape index (κ3) is 4.58. The zero-order valence-corrected chi connectivity index (χ0v) is 13.9. The van der Waals surface area contributed by atoms with Gasteiger partial charge in [0.25, 0.3) is 0 Å². The molecule has 0 saturated heterocycles. The normalized spacial score (nSPS) is 20.6. The molecule has 2 nitrogen and oxygen atoms in total. The lowest BCUT2D eigenvalue weighted by Gasteiger charge is -2.34. The number of benzene rings is 1. The Labute approximate surface area is 133 Å². The third-order valence-corrected chi connectivity index (χ3v) is 5.20. The second-order valence-electron chi connectivity index (χ2n) is 6.03. The van der Waals surface area contributed by atoms with Crippen LogP contribution in [-0.4, -0.2) is 17.3 Å². The fourth-order valence-electron chi connectivity index (χ4n) is 3.03. The SMILES string of the molecule is CCCCCCCCC(N)(c1ccccc1)C1CSC=N1. The van der Waals surface area contributed by atoms with Crippen LogP contribution in [-0.2, 0) is 5.54 Å². The highest BCUT2D eigenvalue weighted by molar-refractivity contribution is 8.12. The molecule has 0 amide bonds. The predicted molar refractivity (Wildman–Crippen MR) is 95.0 cm³/mol. The fourth-order valence-corrected chi connectivity index (χ4v) is 3.91. The van der Waals surface area contributed by atoms with Crippen molar-refractivity contribution in [3.63, 3.8) is 0 Å². The average molecular weight is 305 g/mol. The number of aliphatic imine (C=N–C) groups is 1. The maximum absolute atomic E-state index is 6.84. The molecule has 2 N–H and O–H groups in total. The third-order valence-electron chi connectivity index (χ3n) is 4.42. The number of nitrogens with two attached hydrogens (primary N) is 1. The highest BCUT2D eigenvalue weighted by atomic mass is 32.2. The Morgan fingerprint density at radius 3 is 2.52 bits per heavy atom. The Hall–Kier alpha value is -0.800. The molecule has 0 spiro atoms. The van der Waals surface area contributed by atoms with Gasteiger partial charge in [0.2, 0.25) is 0 Å². The van der Waals surface area contributed by atoms with Crippen LogP contribution in [0.2, 0.25) is 0 Å². The molecule has 0 bridgehead atoms. The average Bonchev–Trinajstić information content (AvgIpc) is 3.06. The summed E-state index contributed by atoms with van der Waals surface area (Å²) in [7, 11) is 0. The van der Waals surface area contributed by atoms with Gasteiger partial charge >= 0.3 is 0 Å². The van der Waals surface area contributed by atoms with Gasteiger partial charge in [0.1, 0.15) is 0 Å². The molecule has 2 unspecified atom stereocenters. The summed E-state index contributed by atoms with van der Waals surface area (Å²) in [5.41, 5.74) is 9.75. The summed E-state index contributed by atoms with van der Waals surface area (Å²) >= 11 is 1.78. The van der Waals surface area contributed by atoms with Crippen LogP contribution in [0, 0.1) is 0 Å². The molecule has 0 radical (unpaired) electrons. The van der Waals surface area contributed by atoms with Crippen LogP contribution in [0.15, 0.2) is 35.3 Å². The molecule has 1 aliphatic heterocycles. The topological polar surface area (TPSA) is 38.4 Å². The van der Waals surface area contributed by atoms with E-state index in [2.05, 4.69) is 42.2 Å². The van der Waals surface area contributed by atoms with Gasteiger partial charge in [-0.1, -0.05) is 75.8 Å². The van der Waals surface area contributed by atoms with E-state index in [4.69, 9.17) is 5.73 Å². The van der Waals surface area contributed by atoms with Gasteiger partial charge in [-0.3, -0.25) is 4.99 Å². The van der Waals surface area contributed by atoms with E-state index in [1.54, 1.807) is 11.8 Å². The van der Waals surface area contributed by atoms with E-state index in [1.807, 2.05) is 5.55 Å². The summed E-state index contributed by atoms with van der Waals surface area (Å²) in [5, 5.41) is 0. The number of hydrogen-bond donors (Lipinski definition) is 1. The molecule has 2 rings (SSSR count). The lowest BCUT2D eigenvalue weighted by atomic mass is 9.80. The monoisotopic (exact) mass is 304 g/mol. The minimum absolute atomic E-state index is 0.223. The molecule has 0 aliphatic carbocycles. The predicted octanol–water partition coefficient (Wildman–Crippen LogP) is 4.73. The molecule has 116 valence electrons. The molecule has 1 heterocycles. The van der Waals surface area contributed by atoms with Crippen molar-refractivity contribution in [3.8, 4) is 0 Å². The Bertz CT molecular complexity index is 432. The van der Waals surface area contributed by atoms with Crippen molar-refractivity contribution >= 4 is 17.3 Å². The van der Waals surface area contributed by atoms with E-state index < -0.39 is 0 Å². The smallest absolute Gasteiger partial charge is 0.0820 e. The first-order valence-electron chi connectivity index (χ1n) is 8.25. The number of rotatable bonds is 9. The lowest BCUT2D eigenvalue weighted by Crippen LogP contribution is -2.47. The summed E-state index contributed by atoms with van der Waals surface area (Å²) < 4.78 is 0. The summed E-state index contributed by atoms with van der Waals surface area (Å²) in [6.45, 7) is 2.26. The summed E-state index contributed by atoms with van der Waals surface area (Å²) in [6, 6.07) is 10.8. The van der Waals surface area contributed by atoms with Gasteiger partial charge in [-0.15, -0.1) is 11.8 Å². The van der Waals surface area contributed by atoms with Gasteiger partial charge in [0.05, 0.1) is 17.1 Å². The van der Waals surface area contributed by atoms with Crippen molar-refractivity contribution in [1.82, 2.24) is 0 Å². The number of thioether (sulfide) groups is 1. The standard InChI is InChI=1S/C18H28N2S/c1-2-3-4-5-6-10-13-18(19,17-14-21-15-20-17)16-11-8-7-9-12-16/h7-9,11-12,15,17H,2-6,10,13-14,19H2,1H3. The summed E-state index contributed by atoms with van der Waals surface area (Å²) in [4.78, 5) is 4.63. The largest absolute Gasteiger partial charge is 0.320 e. The van der Waals surface area contributed by atoms with Gasteiger partial charge in [-0.05, 0) is 12.0 Å². The van der Waals surface area contributed by atoms with Crippen LogP contribution in [0.4, 0.5) is 0 Å². The van der Waals surface area contributed by atoms with E-state index in [-0.39, 0.29) is 11.6 Å². The van der Waals surface area contributed by atoms with E-state index >= 15 is 0 Å². The van der Waals surface area contributed by atoms with Crippen LogP contribution in [0.5, 0.6) is 0 Å². The molecule has 0 aromatic heterocycles. The first kappa shape index (κ1) is 16.6. The molecule has 21 heavy (non-hydrogen) atoms. The van der Waals surface area contributed by atoms with Gasteiger partial charge < -0.3 is 5.73 Å². The van der Waals surface area contributed by atoms with E-state index in [1.165, 1.54) is 44.1 Å². The highest BCUT2D eigenvalue weighted by Crippen LogP contribution is 2.34. The zero-order chi connectivity index (χ0) is 15.0. The number of nitrogens with zero attached hydrogens (tertiary/aromatic N) is 1. The zero-order valence-electron chi connectivity index (χ0n) is 13.1. The highest BCUT2D eigenvalue weighted by Gasteiger charge is 2.37. The van der Waals surface area contributed by atoms with Gasteiger partial charge in [-0.2, -0.15) is 0 Å². The van der Waals surface area contributed by atoms with Crippen LogP contribution >= 0.6 is 11.8 Å². The van der Waals surface area contributed by atoms with Crippen molar-refractivity contribution in [2.24, 2.45) is 10.7 Å². The molecule has 1 aromatic carbocycles. The van der Waals surface area contributed by atoms with Gasteiger partial charge in [-0.25, -0.2) is 0 Å². The van der Waals surface area contributed by atoms with E-state index in [9.17, 15) is 0 Å². The maximum Gasteiger partial charge on any atom is 0.0820 e. The number of hydrogen-bond acceptors (Lipinski definition) is 3. The molecular weight excluding hydrogens is 276 g/mol. The molecular formula is C18H28N2S. The van der Waals surface area contributed by atoms with Crippen molar-refractivity contribution < 1.29 is 0 Å². The Morgan fingerprint density at radius 1 is 1.14 bits per heavy atom. The Morgan fingerprint density at radius 2 is 1.86 bits per heavy atom. The van der Waals surface area contributed by atoms with Crippen LogP contribution < -0.4 is 5.73 Å². The number of unbranched alkanes of at least 4 members (excludes halogenated alkanes) is 5. The molecule has 2 atom stereocenters. The quantitative estimate of drug-likeness (QED) is 0.669. The minimum Gasteiger partial charge on any atom is -0.320 e. The van der Waals surface area contributed by atoms with E-state index in [0.717, 1.165) is 12.2 Å². The van der Waals surface area contributed by atoms with Crippen molar-refractivity contribution in [2.45, 2.75) is 63.5 Å².